The van der Waals surface area contributed by atoms with Gasteiger partial charge in [-0.3, -0.25) is 14.3 Å². The number of rotatable bonds is 4. The van der Waals surface area contributed by atoms with Gasteiger partial charge in [-0.05, 0) is 12.2 Å². The van der Waals surface area contributed by atoms with E-state index in [1.807, 2.05) is 0 Å². The average molecular weight is 298 g/mol. The van der Waals surface area contributed by atoms with Gasteiger partial charge in [-0.15, -0.1) is 6.42 Å². The van der Waals surface area contributed by atoms with E-state index in [-0.39, 0.29) is 11.9 Å². The van der Waals surface area contributed by atoms with Gasteiger partial charge < -0.3 is 19.3 Å². The SMILES string of the molecule is C#Cc1cn(C2C=CC(OCP(O)O)O2)c(=O)[nH]c1=O. The first kappa shape index (κ1) is 14.7. The highest BCUT2D eigenvalue weighted by molar-refractivity contribution is 7.44. The largest absolute Gasteiger partial charge is 0.348 e. The van der Waals surface area contributed by atoms with Gasteiger partial charge >= 0.3 is 5.69 Å². The molecule has 0 saturated carbocycles. The second-order valence-electron chi connectivity index (χ2n) is 3.80. The number of nitrogens with one attached hydrogen (secondary N) is 1. The van der Waals surface area contributed by atoms with Gasteiger partial charge in [0.1, 0.15) is 11.9 Å². The second kappa shape index (κ2) is 6.13. The molecule has 0 bridgehead atoms. The molecule has 0 amide bonds. The number of nitrogens with zero attached hydrogens (tertiary/aromatic N) is 1. The number of terminal acetylenes is 1. The fraction of sp³-hybridized carbons (Fsp3) is 0.273. The Morgan fingerprint density at radius 1 is 1.50 bits per heavy atom. The van der Waals surface area contributed by atoms with Crippen LogP contribution in [0.3, 0.4) is 0 Å². The van der Waals surface area contributed by atoms with Crippen LogP contribution in [0.1, 0.15) is 11.8 Å². The monoisotopic (exact) mass is 298 g/mol. The predicted molar refractivity (Wildman–Crippen MR) is 69.6 cm³/mol. The van der Waals surface area contributed by atoms with E-state index in [0.29, 0.717) is 0 Å². The topological polar surface area (TPSA) is 114 Å². The van der Waals surface area contributed by atoms with E-state index in [1.54, 1.807) is 0 Å². The summed E-state index contributed by atoms with van der Waals surface area (Å²) in [6.45, 7) is 0. The molecule has 0 radical (unpaired) electrons. The van der Waals surface area contributed by atoms with Crippen LogP contribution in [0.2, 0.25) is 0 Å². The Bertz CT molecular complexity index is 671. The third-order valence-electron chi connectivity index (χ3n) is 2.46. The zero-order valence-corrected chi connectivity index (χ0v) is 11.0. The summed E-state index contributed by atoms with van der Waals surface area (Å²) >= 11 is 0. The van der Waals surface area contributed by atoms with Gasteiger partial charge in [0.15, 0.2) is 20.9 Å². The van der Waals surface area contributed by atoms with Crippen molar-refractivity contribution in [3.8, 4) is 12.3 Å². The zero-order valence-electron chi connectivity index (χ0n) is 10.1. The number of H-pyrrole nitrogens is 1. The second-order valence-corrected chi connectivity index (χ2v) is 4.80. The van der Waals surface area contributed by atoms with E-state index in [1.165, 1.54) is 18.3 Å². The minimum absolute atomic E-state index is 0.000190. The van der Waals surface area contributed by atoms with Crippen molar-refractivity contribution in [2.24, 2.45) is 0 Å². The Hall–Kier alpha value is -1.75. The van der Waals surface area contributed by atoms with Crippen LogP contribution in [0.25, 0.3) is 0 Å². The van der Waals surface area contributed by atoms with Crippen LogP contribution < -0.4 is 11.2 Å². The lowest BCUT2D eigenvalue weighted by Crippen LogP contribution is -2.33. The summed E-state index contributed by atoms with van der Waals surface area (Å²) in [5.74, 6) is 2.16. The molecule has 2 heterocycles. The molecule has 106 valence electrons. The van der Waals surface area contributed by atoms with Gasteiger partial charge in [0, 0.05) is 6.20 Å². The summed E-state index contributed by atoms with van der Waals surface area (Å²) in [5.41, 5.74) is -1.31. The quantitative estimate of drug-likeness (QED) is 0.381. The third-order valence-corrected chi connectivity index (χ3v) is 2.84. The summed E-state index contributed by atoms with van der Waals surface area (Å²) in [4.78, 5) is 42.6. The first-order chi connectivity index (χ1) is 9.51. The molecule has 0 aliphatic carbocycles. The molecule has 1 aromatic rings. The summed E-state index contributed by atoms with van der Waals surface area (Å²) in [7, 11) is -2.18. The Morgan fingerprint density at radius 2 is 2.25 bits per heavy atom. The van der Waals surface area contributed by atoms with Gasteiger partial charge in [0.25, 0.3) is 5.56 Å². The van der Waals surface area contributed by atoms with Crippen LogP contribution in [0.15, 0.2) is 27.9 Å². The fourth-order valence-corrected chi connectivity index (χ4v) is 1.86. The van der Waals surface area contributed by atoms with Crippen LogP contribution in [-0.4, -0.2) is 32.0 Å². The molecule has 1 aliphatic rings. The molecular formula is C11H11N2O6P. The smallest absolute Gasteiger partial charge is 0.330 e. The van der Waals surface area contributed by atoms with E-state index >= 15 is 0 Å². The average Bonchev–Trinajstić information content (AvgIpc) is 2.85. The molecule has 2 rings (SSSR count). The van der Waals surface area contributed by atoms with Crippen LogP contribution in [0.5, 0.6) is 0 Å². The van der Waals surface area contributed by atoms with Crippen LogP contribution in [0.4, 0.5) is 0 Å². The molecule has 20 heavy (non-hydrogen) atoms. The Kier molecular flexibility index (Phi) is 4.49. The lowest BCUT2D eigenvalue weighted by Gasteiger charge is -2.16. The minimum Gasteiger partial charge on any atom is -0.348 e. The normalized spacial score (nSPS) is 21.3. The van der Waals surface area contributed by atoms with Gasteiger partial charge in [-0.25, -0.2) is 4.79 Å². The van der Waals surface area contributed by atoms with E-state index < -0.39 is 32.1 Å². The maximum absolute atomic E-state index is 11.7. The first-order valence-electron chi connectivity index (χ1n) is 5.44. The molecule has 0 fully saturated rings. The van der Waals surface area contributed by atoms with Crippen molar-refractivity contribution in [1.82, 2.24) is 9.55 Å². The summed E-state index contributed by atoms with van der Waals surface area (Å²) in [6, 6.07) is 0. The molecule has 0 spiro atoms. The molecule has 0 saturated heterocycles. The first-order valence-corrected chi connectivity index (χ1v) is 6.87. The van der Waals surface area contributed by atoms with Gasteiger partial charge in [-0.1, -0.05) is 5.92 Å². The molecule has 1 aromatic heterocycles. The van der Waals surface area contributed by atoms with Crippen molar-refractivity contribution in [3.05, 3.63) is 44.8 Å². The van der Waals surface area contributed by atoms with Crippen LogP contribution >= 0.6 is 8.38 Å². The molecule has 3 N–H and O–H groups in total. The van der Waals surface area contributed by atoms with Gasteiger partial charge in [0.2, 0.25) is 0 Å². The summed E-state index contributed by atoms with van der Waals surface area (Å²) in [5, 5.41) is 0. The lowest BCUT2D eigenvalue weighted by atomic mass is 10.3. The summed E-state index contributed by atoms with van der Waals surface area (Å²) in [6.07, 6.45) is 7.54. The van der Waals surface area contributed by atoms with Crippen molar-refractivity contribution < 1.29 is 19.3 Å². The molecule has 1 aliphatic heterocycles. The zero-order chi connectivity index (χ0) is 14.7. The highest BCUT2D eigenvalue weighted by Gasteiger charge is 2.23. The predicted octanol–water partition coefficient (Wildman–Crippen LogP) is -0.800. The van der Waals surface area contributed by atoms with E-state index in [0.717, 1.165) is 4.57 Å². The van der Waals surface area contributed by atoms with E-state index in [2.05, 4.69) is 10.9 Å². The Balaban J connectivity index is 2.15. The van der Waals surface area contributed by atoms with Crippen molar-refractivity contribution in [3.63, 3.8) is 0 Å². The number of hydrogen-bond donors (Lipinski definition) is 3. The fourth-order valence-electron chi connectivity index (χ4n) is 1.58. The van der Waals surface area contributed by atoms with Crippen molar-refractivity contribution in [2.75, 3.05) is 6.35 Å². The Morgan fingerprint density at radius 3 is 2.90 bits per heavy atom. The summed E-state index contributed by atoms with van der Waals surface area (Å²) < 4.78 is 11.5. The van der Waals surface area contributed by atoms with Crippen molar-refractivity contribution in [1.29, 1.82) is 0 Å². The molecule has 8 nitrogen and oxygen atoms in total. The van der Waals surface area contributed by atoms with E-state index in [4.69, 9.17) is 25.7 Å². The highest BCUT2D eigenvalue weighted by Crippen LogP contribution is 2.26. The molecule has 9 heteroatoms. The minimum atomic E-state index is -2.18. The Labute approximate surface area is 114 Å². The maximum atomic E-state index is 11.7. The van der Waals surface area contributed by atoms with E-state index in [9.17, 15) is 9.59 Å². The van der Waals surface area contributed by atoms with Gasteiger partial charge in [0.05, 0.1) is 0 Å². The number of aromatic nitrogens is 2. The highest BCUT2D eigenvalue weighted by atomic mass is 31.2. The molecule has 2 unspecified atom stereocenters. The maximum Gasteiger partial charge on any atom is 0.330 e. The molecule has 2 atom stereocenters. The number of hydrogen-bond acceptors (Lipinski definition) is 6. The van der Waals surface area contributed by atoms with Crippen LogP contribution in [0, 0.1) is 12.3 Å². The van der Waals surface area contributed by atoms with Crippen LogP contribution in [-0.2, 0) is 9.47 Å². The third kappa shape index (κ3) is 3.22. The van der Waals surface area contributed by atoms with Crippen molar-refractivity contribution in [2.45, 2.75) is 12.5 Å². The number of ether oxygens (including phenoxy) is 2. The molecular weight excluding hydrogens is 287 g/mol. The van der Waals surface area contributed by atoms with Crippen molar-refractivity contribution >= 4 is 8.38 Å². The molecule has 0 aromatic carbocycles. The van der Waals surface area contributed by atoms with Gasteiger partial charge in [-0.2, -0.15) is 0 Å². The lowest BCUT2D eigenvalue weighted by molar-refractivity contribution is -0.126. The number of aromatic amines is 1. The standard InChI is InChI=1S/C11H11N2O6P/c1-2-7-5-13(11(15)12-10(7)14)8-3-4-9(19-8)18-6-20(16)17/h1,3-5,8-9,16-17H,6H2,(H,12,14,15).